The van der Waals surface area contributed by atoms with Crippen molar-refractivity contribution in [1.29, 1.82) is 0 Å². The maximum atomic E-state index is 11.2. The number of hydrogen-bond donors (Lipinski definition) is 3. The maximum Gasteiger partial charge on any atom is 0.335 e. The summed E-state index contributed by atoms with van der Waals surface area (Å²) in [5.74, 6) is -0.744. The highest BCUT2D eigenvalue weighted by atomic mass is 16.5. The highest BCUT2D eigenvalue weighted by Gasteiger charge is 2.19. The van der Waals surface area contributed by atoms with Gasteiger partial charge in [0.15, 0.2) is 11.6 Å². The molecular formula is C20H17N5O4. The van der Waals surface area contributed by atoms with Crippen molar-refractivity contribution in [2.75, 3.05) is 5.73 Å². The molecule has 1 atom stereocenters. The van der Waals surface area contributed by atoms with E-state index in [4.69, 9.17) is 10.5 Å². The Kier molecular flexibility index (Phi) is 4.47. The Bertz CT molecular complexity index is 1210. The van der Waals surface area contributed by atoms with Crippen molar-refractivity contribution in [1.82, 2.24) is 19.7 Å². The Morgan fingerprint density at radius 3 is 2.76 bits per heavy atom. The van der Waals surface area contributed by atoms with Crippen LogP contribution in [0.5, 0.6) is 11.6 Å². The van der Waals surface area contributed by atoms with Crippen LogP contribution in [0, 0.1) is 0 Å². The number of benzene rings is 1. The normalized spacial score (nSPS) is 12.0. The zero-order valence-electron chi connectivity index (χ0n) is 15.4. The Hall–Kier alpha value is -4.14. The summed E-state index contributed by atoms with van der Waals surface area (Å²) in [6, 6.07) is 11.1. The molecule has 0 radical (unpaired) electrons. The van der Waals surface area contributed by atoms with E-state index < -0.39 is 12.1 Å². The second-order valence-electron chi connectivity index (χ2n) is 6.37. The van der Waals surface area contributed by atoms with Crippen molar-refractivity contribution in [2.45, 2.75) is 13.0 Å². The zero-order chi connectivity index (χ0) is 20.5. The number of carboxylic acids is 1. The number of fused-ring (bicyclic) bond motifs is 1. The molecule has 0 saturated heterocycles. The van der Waals surface area contributed by atoms with E-state index in [2.05, 4.69) is 15.1 Å². The van der Waals surface area contributed by atoms with Crippen LogP contribution >= 0.6 is 0 Å². The second-order valence-corrected chi connectivity index (χ2v) is 6.37. The van der Waals surface area contributed by atoms with Gasteiger partial charge in [0.1, 0.15) is 11.8 Å². The molecular weight excluding hydrogens is 374 g/mol. The van der Waals surface area contributed by atoms with Gasteiger partial charge in [-0.1, -0.05) is 0 Å². The van der Waals surface area contributed by atoms with Gasteiger partial charge in [-0.2, -0.15) is 5.10 Å². The third kappa shape index (κ3) is 3.53. The molecule has 9 heteroatoms. The third-order valence-electron chi connectivity index (χ3n) is 4.38. The molecule has 0 amide bonds. The van der Waals surface area contributed by atoms with Gasteiger partial charge in [0.05, 0.1) is 16.8 Å². The lowest BCUT2D eigenvalue weighted by atomic mass is 10.1. The second kappa shape index (κ2) is 7.12. The Labute approximate surface area is 165 Å². The van der Waals surface area contributed by atoms with Crippen LogP contribution in [0.4, 0.5) is 5.82 Å². The fourth-order valence-corrected chi connectivity index (χ4v) is 3.01. The van der Waals surface area contributed by atoms with Crippen LogP contribution < -0.4 is 10.5 Å². The van der Waals surface area contributed by atoms with E-state index in [0.29, 0.717) is 22.3 Å². The number of rotatable bonds is 5. The molecule has 9 nitrogen and oxygen atoms in total. The lowest BCUT2D eigenvalue weighted by molar-refractivity contribution is 0.0697. The standard InChI is InChI=1S/C20H17N5O4/c1-11(18-15(5-6-17(26)24-18)25-8-2-7-22-25)29-16-10-13-9-12(20(27)28)3-4-14(13)23-19(16)21/h2-11H,1H3,(H2,21,23)(H,24,26)(H,27,28). The summed E-state index contributed by atoms with van der Waals surface area (Å²) in [5.41, 5.74) is 7.82. The molecule has 1 aromatic carbocycles. The molecule has 0 spiro atoms. The smallest absolute Gasteiger partial charge is 0.335 e. The summed E-state index contributed by atoms with van der Waals surface area (Å²) >= 11 is 0. The van der Waals surface area contributed by atoms with Crippen molar-refractivity contribution in [2.24, 2.45) is 0 Å². The lowest BCUT2D eigenvalue weighted by Gasteiger charge is -2.18. The number of carboxylic acid groups (broad SMARTS) is 1. The quantitative estimate of drug-likeness (QED) is 0.472. The average Bonchev–Trinajstić information content (AvgIpc) is 3.22. The number of nitrogen functional groups attached to an aromatic ring is 1. The van der Waals surface area contributed by atoms with Crippen molar-refractivity contribution < 1.29 is 19.7 Å². The van der Waals surface area contributed by atoms with E-state index in [1.165, 1.54) is 18.2 Å². The van der Waals surface area contributed by atoms with E-state index in [1.807, 2.05) is 0 Å². The number of aromatic carboxylic acids is 1. The average molecular weight is 391 g/mol. The van der Waals surface area contributed by atoms with Gasteiger partial charge < -0.3 is 20.7 Å². The monoisotopic (exact) mass is 391 g/mol. The lowest BCUT2D eigenvalue weighted by Crippen LogP contribution is -2.12. The van der Waals surface area contributed by atoms with Crippen LogP contribution in [0.15, 0.2) is 54.9 Å². The summed E-state index contributed by atoms with van der Waals surface area (Å²) in [4.78, 5) is 19.7. The number of aromatic nitrogens is 4. The van der Waals surface area contributed by atoms with Crippen molar-refractivity contribution in [3.8, 4) is 17.3 Å². The number of aromatic hydroxyl groups is 1. The number of nitrogens with zero attached hydrogens (tertiary/aromatic N) is 4. The van der Waals surface area contributed by atoms with E-state index in [0.717, 1.165) is 0 Å². The molecule has 0 bridgehead atoms. The summed E-state index contributed by atoms with van der Waals surface area (Å²) in [7, 11) is 0. The number of anilines is 1. The Morgan fingerprint density at radius 2 is 2.03 bits per heavy atom. The molecule has 3 heterocycles. The first-order chi connectivity index (χ1) is 13.9. The molecule has 0 saturated carbocycles. The number of nitrogens with two attached hydrogens (primary N) is 1. The fraction of sp³-hybridized carbons (Fsp3) is 0.100. The van der Waals surface area contributed by atoms with Crippen LogP contribution in [0.25, 0.3) is 16.6 Å². The molecule has 4 aromatic rings. The van der Waals surface area contributed by atoms with Crippen LogP contribution in [0.3, 0.4) is 0 Å². The van der Waals surface area contributed by atoms with Crippen molar-refractivity contribution in [3.63, 3.8) is 0 Å². The predicted octanol–water partition coefficient (Wildman–Crippen LogP) is 2.94. The van der Waals surface area contributed by atoms with Crippen LogP contribution in [-0.4, -0.2) is 35.9 Å². The Morgan fingerprint density at radius 1 is 1.21 bits per heavy atom. The predicted molar refractivity (Wildman–Crippen MR) is 105 cm³/mol. The van der Waals surface area contributed by atoms with Gasteiger partial charge in [0, 0.05) is 23.8 Å². The fourth-order valence-electron chi connectivity index (χ4n) is 3.01. The summed E-state index contributed by atoms with van der Waals surface area (Å²) in [5, 5.41) is 23.8. The molecule has 146 valence electrons. The maximum absolute atomic E-state index is 11.2. The largest absolute Gasteiger partial charge is 0.493 e. The summed E-state index contributed by atoms with van der Waals surface area (Å²) in [6.45, 7) is 1.76. The van der Waals surface area contributed by atoms with Gasteiger partial charge in [-0.05, 0) is 43.3 Å². The molecule has 0 aliphatic carbocycles. The van der Waals surface area contributed by atoms with Crippen LogP contribution in [0.1, 0.15) is 29.1 Å². The minimum Gasteiger partial charge on any atom is -0.493 e. The van der Waals surface area contributed by atoms with Gasteiger partial charge >= 0.3 is 5.97 Å². The minimum atomic E-state index is -1.03. The molecule has 3 aromatic heterocycles. The van der Waals surface area contributed by atoms with Crippen LogP contribution in [0.2, 0.25) is 0 Å². The first-order valence-electron chi connectivity index (χ1n) is 8.72. The molecule has 4 N–H and O–H groups in total. The first-order valence-corrected chi connectivity index (χ1v) is 8.72. The summed E-state index contributed by atoms with van der Waals surface area (Å²) < 4.78 is 7.60. The molecule has 29 heavy (non-hydrogen) atoms. The molecule has 0 aliphatic heterocycles. The highest BCUT2D eigenvalue weighted by Crippen LogP contribution is 2.31. The van der Waals surface area contributed by atoms with Gasteiger partial charge in [-0.25, -0.2) is 19.4 Å². The van der Waals surface area contributed by atoms with Gasteiger partial charge in [-0.15, -0.1) is 0 Å². The number of hydrogen-bond acceptors (Lipinski definition) is 7. The Balaban J connectivity index is 1.72. The van der Waals surface area contributed by atoms with Crippen molar-refractivity contribution in [3.05, 3.63) is 66.1 Å². The van der Waals surface area contributed by atoms with Gasteiger partial charge in [-0.3, -0.25) is 0 Å². The van der Waals surface area contributed by atoms with Crippen molar-refractivity contribution >= 4 is 22.7 Å². The van der Waals surface area contributed by atoms with E-state index >= 15 is 0 Å². The van der Waals surface area contributed by atoms with Crippen LogP contribution in [-0.2, 0) is 0 Å². The molecule has 4 rings (SSSR count). The third-order valence-corrected chi connectivity index (χ3v) is 4.38. The minimum absolute atomic E-state index is 0.138. The number of carbonyl (C=O) groups is 1. The molecule has 1 unspecified atom stereocenters. The highest BCUT2D eigenvalue weighted by molar-refractivity contribution is 5.94. The summed E-state index contributed by atoms with van der Waals surface area (Å²) in [6.07, 6.45) is 2.78. The zero-order valence-corrected chi connectivity index (χ0v) is 15.4. The van der Waals surface area contributed by atoms with Gasteiger partial charge in [0.25, 0.3) is 0 Å². The first kappa shape index (κ1) is 18.2. The SMILES string of the molecule is CC(Oc1cc2cc(C(=O)O)ccc2nc1N)c1nc(O)ccc1-n1cccn1. The number of pyridine rings is 2. The van der Waals surface area contributed by atoms with E-state index in [9.17, 15) is 15.0 Å². The van der Waals surface area contributed by atoms with E-state index in [1.54, 1.807) is 48.3 Å². The topological polar surface area (TPSA) is 136 Å². The number of ether oxygens (including phenoxy) is 1. The molecule has 0 fully saturated rings. The molecule has 0 aliphatic rings. The van der Waals surface area contributed by atoms with E-state index in [-0.39, 0.29) is 23.0 Å². The van der Waals surface area contributed by atoms with Gasteiger partial charge in [0.2, 0.25) is 5.88 Å².